The Hall–Kier alpha value is -8.64. The molecule has 8 atom stereocenters. The van der Waals surface area contributed by atoms with Crippen molar-refractivity contribution in [3.05, 3.63) is 195 Å². The molecule has 15 rings (SSSR count). The zero-order valence-corrected chi connectivity index (χ0v) is 74.6. The molecular weight excluding hydrogens is 1510 g/mol. The van der Waals surface area contributed by atoms with E-state index in [9.17, 15) is 20.6 Å². The van der Waals surface area contributed by atoms with Gasteiger partial charge >= 0.3 is 0 Å². The molecule has 0 aromatic heterocycles. The monoisotopic (exact) mass is 1650 g/mol. The van der Waals surface area contributed by atoms with Gasteiger partial charge in [-0.15, -0.1) is 0 Å². The average Bonchev–Trinajstić information content (AvgIpc) is 0.720. The molecular formula is C104H138N12O6. The second-order valence-corrected chi connectivity index (χ2v) is 38.5. The Kier molecular flexibility index (Phi) is 29.3. The van der Waals surface area contributed by atoms with Crippen LogP contribution in [0, 0.1) is 63.6 Å². The Bertz CT molecular complexity index is 4630. The summed E-state index contributed by atoms with van der Waals surface area (Å²) in [5.74, 6) is 4.17. The van der Waals surface area contributed by atoms with E-state index in [2.05, 4.69) is 172 Å². The lowest BCUT2D eigenvalue weighted by atomic mass is 9.57. The van der Waals surface area contributed by atoms with Crippen LogP contribution >= 0.6 is 0 Å². The van der Waals surface area contributed by atoms with E-state index in [0.29, 0.717) is 66.6 Å². The standard InChI is InChI=1S/C104H138N12O6/c1-8-20-99(117)116-95(23-16-26-98(116)104(75-108(5)70-83-21-10-11-22-92(83)104)88-49-60-113(61-50-88)53-19-64-122-91-41-32-80(69-107)33-42-91)82-36-44-94-85(66-82)72-110(7)74-103(94,87-47-58-112(59-48-87)52-18-63-121-90-39-30-79(68-106)31-40-90)97-25-13-15-55-115(97)101(119)81(9-2)35-27-77-34-43-93-84(65-77)71-109(6)73-102(93,96-24-12-14-54-114(96)100(118)76(3)4)86-45-56-111(57-46-86)51-17-62-120-89-37-28-78(67-105)29-38-89/h10-11,21-22,28-34,36-44,65-66,76,81,86-88,95-98H,8-9,12-20,23-27,35,45-64,70-75H2,1-7H3. The molecule has 650 valence electrons. The van der Waals surface area contributed by atoms with Crippen LogP contribution in [0.5, 0.6) is 17.2 Å². The molecule has 6 fully saturated rings. The quantitative estimate of drug-likeness (QED) is 0.0388. The first-order valence-electron chi connectivity index (χ1n) is 47.3. The maximum Gasteiger partial charge on any atom is 0.225 e. The van der Waals surface area contributed by atoms with Gasteiger partial charge in [-0.3, -0.25) is 14.4 Å². The minimum atomic E-state index is -0.343. The summed E-state index contributed by atoms with van der Waals surface area (Å²) >= 11 is 0. The van der Waals surface area contributed by atoms with Crippen molar-refractivity contribution in [2.45, 2.75) is 235 Å². The summed E-state index contributed by atoms with van der Waals surface area (Å²) in [6.45, 7) is 26.2. The molecule has 9 aliphatic heterocycles. The number of rotatable bonds is 30. The molecule has 0 saturated carbocycles. The summed E-state index contributed by atoms with van der Waals surface area (Å²) in [5, 5.41) is 28.1. The van der Waals surface area contributed by atoms with E-state index in [0.717, 1.165) is 270 Å². The number of fused-ring (bicyclic) bond motifs is 3. The molecule has 3 amide bonds. The highest BCUT2D eigenvalue weighted by Gasteiger charge is 2.59. The zero-order chi connectivity index (χ0) is 84.9. The molecule has 9 heterocycles. The lowest BCUT2D eigenvalue weighted by Gasteiger charge is -2.59. The Labute approximate surface area is 729 Å². The number of ether oxygens (including phenoxy) is 3. The van der Waals surface area contributed by atoms with Gasteiger partial charge in [0.15, 0.2) is 0 Å². The van der Waals surface area contributed by atoms with Crippen molar-refractivity contribution in [2.24, 2.45) is 29.6 Å². The highest BCUT2D eigenvalue weighted by molar-refractivity contribution is 5.80. The smallest absolute Gasteiger partial charge is 0.225 e. The Balaban J connectivity index is 0.705. The van der Waals surface area contributed by atoms with Gasteiger partial charge in [0.25, 0.3) is 0 Å². The molecule has 0 radical (unpaired) electrons. The van der Waals surface area contributed by atoms with Gasteiger partial charge in [-0.25, -0.2) is 0 Å². The molecule has 6 aromatic rings. The number of carbonyl (C=O) groups is 3. The molecule has 0 bridgehead atoms. The van der Waals surface area contributed by atoms with Crippen LogP contribution in [0.1, 0.15) is 236 Å². The maximum absolute atomic E-state index is 16.5. The van der Waals surface area contributed by atoms with Gasteiger partial charge in [0.2, 0.25) is 17.7 Å². The third-order valence-electron chi connectivity index (χ3n) is 30.5. The third kappa shape index (κ3) is 19.1. The molecule has 6 aromatic carbocycles. The number of amides is 3. The van der Waals surface area contributed by atoms with E-state index in [1.54, 1.807) is 0 Å². The van der Waals surface area contributed by atoms with Gasteiger partial charge in [0, 0.05) is 125 Å². The van der Waals surface area contributed by atoms with Crippen LogP contribution in [0.4, 0.5) is 0 Å². The van der Waals surface area contributed by atoms with Gasteiger partial charge in [-0.2, -0.15) is 15.8 Å². The van der Waals surface area contributed by atoms with E-state index in [4.69, 9.17) is 14.2 Å². The number of aryl methyl sites for hydroxylation is 1. The normalized spacial score (nSPS) is 25.4. The van der Waals surface area contributed by atoms with Crippen LogP contribution < -0.4 is 14.2 Å². The number of likely N-dealkylation sites (tertiary alicyclic amines) is 6. The maximum atomic E-state index is 16.5. The summed E-state index contributed by atoms with van der Waals surface area (Å²) < 4.78 is 18.6. The van der Waals surface area contributed by atoms with Crippen LogP contribution in [-0.2, 0) is 56.7 Å². The number of carbonyl (C=O) groups excluding carboxylic acids is 3. The van der Waals surface area contributed by atoms with Crippen molar-refractivity contribution in [3.63, 3.8) is 0 Å². The fourth-order valence-corrected chi connectivity index (χ4v) is 25.0. The van der Waals surface area contributed by atoms with Crippen molar-refractivity contribution >= 4 is 17.7 Å². The highest BCUT2D eigenvalue weighted by atomic mass is 16.5. The summed E-state index contributed by atoms with van der Waals surface area (Å²) in [4.78, 5) is 69.9. The van der Waals surface area contributed by atoms with E-state index in [-0.39, 0.29) is 64.1 Å². The third-order valence-corrected chi connectivity index (χ3v) is 30.5. The largest absolute Gasteiger partial charge is 0.494 e. The fraction of sp³-hybridized carbons (Fsp3) is 0.596. The number of likely N-dealkylation sites (N-methyl/N-ethyl adjacent to an activating group) is 3. The number of benzene rings is 6. The van der Waals surface area contributed by atoms with Crippen LogP contribution in [0.25, 0.3) is 0 Å². The fourth-order valence-electron chi connectivity index (χ4n) is 25.0. The highest BCUT2D eigenvalue weighted by Crippen LogP contribution is 2.56. The van der Waals surface area contributed by atoms with Crippen molar-refractivity contribution in [2.75, 3.05) is 133 Å². The molecule has 18 heteroatoms. The minimum absolute atomic E-state index is 0.0105. The predicted octanol–water partition coefficient (Wildman–Crippen LogP) is 16.9. The first-order valence-corrected chi connectivity index (χ1v) is 47.3. The topological polar surface area (TPSA) is 179 Å². The zero-order valence-electron chi connectivity index (χ0n) is 74.6. The molecule has 122 heavy (non-hydrogen) atoms. The predicted molar refractivity (Wildman–Crippen MR) is 482 cm³/mol. The number of nitriles is 3. The molecule has 6 saturated heterocycles. The number of nitrogens with zero attached hydrogens (tertiary/aromatic N) is 12. The van der Waals surface area contributed by atoms with Crippen LogP contribution in [0.3, 0.4) is 0 Å². The van der Waals surface area contributed by atoms with Crippen molar-refractivity contribution in [1.29, 1.82) is 15.8 Å². The minimum Gasteiger partial charge on any atom is -0.494 e. The van der Waals surface area contributed by atoms with Gasteiger partial charge < -0.3 is 58.3 Å². The summed E-state index contributed by atoms with van der Waals surface area (Å²) in [5.41, 5.74) is 12.1. The van der Waals surface area contributed by atoms with E-state index in [1.807, 2.05) is 72.8 Å². The molecule has 0 spiro atoms. The lowest BCUT2D eigenvalue weighted by Crippen LogP contribution is -2.65. The molecule has 0 N–H and O–H groups in total. The van der Waals surface area contributed by atoms with Crippen LogP contribution in [0.2, 0.25) is 0 Å². The van der Waals surface area contributed by atoms with Gasteiger partial charge in [0.1, 0.15) is 17.2 Å². The van der Waals surface area contributed by atoms with Crippen LogP contribution in [0.15, 0.2) is 133 Å². The number of piperidine rings is 6. The lowest BCUT2D eigenvalue weighted by molar-refractivity contribution is -0.144. The molecule has 9 aliphatic rings. The Morgan fingerprint density at radius 1 is 0.451 bits per heavy atom. The van der Waals surface area contributed by atoms with Crippen molar-refractivity contribution in [3.8, 4) is 35.5 Å². The first kappa shape index (κ1) is 88.2. The Morgan fingerprint density at radius 3 is 1.32 bits per heavy atom. The molecule has 0 aliphatic carbocycles. The number of hydrogen-bond donors (Lipinski definition) is 0. The van der Waals surface area contributed by atoms with E-state index >= 15 is 9.59 Å². The summed E-state index contributed by atoms with van der Waals surface area (Å²) in [6, 6.07) is 53.4. The van der Waals surface area contributed by atoms with Crippen molar-refractivity contribution in [1.82, 2.24) is 44.1 Å². The summed E-state index contributed by atoms with van der Waals surface area (Å²) in [7, 11) is 6.98. The first-order chi connectivity index (χ1) is 59.5. The van der Waals surface area contributed by atoms with E-state index < -0.39 is 0 Å². The summed E-state index contributed by atoms with van der Waals surface area (Å²) in [6.07, 6.45) is 22.0. The number of hydrogen-bond acceptors (Lipinski definition) is 15. The van der Waals surface area contributed by atoms with Gasteiger partial charge in [0.05, 0.1) is 60.8 Å². The second-order valence-electron chi connectivity index (χ2n) is 38.5. The molecule has 8 unspecified atom stereocenters. The van der Waals surface area contributed by atoms with E-state index in [1.165, 1.54) is 44.5 Å². The molecule has 18 nitrogen and oxygen atoms in total. The van der Waals surface area contributed by atoms with Crippen molar-refractivity contribution < 1.29 is 28.6 Å². The van der Waals surface area contributed by atoms with Gasteiger partial charge in [-0.05, 0) is 337 Å². The average molecular weight is 1650 g/mol. The SMILES string of the molecule is CCCC(=O)N1C(c2ccc3c(c2)CN(C)CC3(C2CCN(CCCOc3ccc(C#N)cc3)CC2)C2CCCCN2C(=O)C(CC)CCc2ccc3c(c2)CN(C)CC3(C2CCN(CCCOc3ccc(C#N)cc3)CC2)C2CCCCN2C(=O)C(C)C)CCCC1C1(C2CCN(CCCOc3ccc(C#N)cc3)CC2)CN(C)Cc2ccccc21. The second kappa shape index (κ2) is 40.6. The van der Waals surface area contributed by atoms with Gasteiger partial charge in [-0.1, -0.05) is 88.4 Å². The van der Waals surface area contributed by atoms with Crippen LogP contribution in [-0.4, -0.2) is 213 Å². The Morgan fingerprint density at radius 2 is 0.869 bits per heavy atom.